The van der Waals surface area contributed by atoms with E-state index in [1.165, 1.54) is 31.2 Å². The number of hydrogen-bond donors (Lipinski definition) is 2. The molecule has 0 bridgehead atoms. The zero-order chi connectivity index (χ0) is 19.6. The third kappa shape index (κ3) is 7.77. The van der Waals surface area contributed by atoms with Gasteiger partial charge in [-0.25, -0.2) is 4.98 Å². The summed E-state index contributed by atoms with van der Waals surface area (Å²) in [4.78, 5) is 13.8. The molecule has 0 amide bonds. The molecule has 162 valence electrons. The van der Waals surface area contributed by atoms with Crippen LogP contribution >= 0.6 is 24.0 Å². The molecule has 0 atom stereocenters. The summed E-state index contributed by atoms with van der Waals surface area (Å²) in [5.74, 6) is 1.95. The number of anilines is 1. The zero-order valence-electron chi connectivity index (χ0n) is 18.0. The van der Waals surface area contributed by atoms with Crippen LogP contribution in [0.3, 0.4) is 0 Å². The maximum atomic E-state index is 4.59. The first-order valence-electron chi connectivity index (χ1n) is 10.8. The number of allylic oxidation sites excluding steroid dienone is 1. The van der Waals surface area contributed by atoms with Crippen LogP contribution in [0.1, 0.15) is 44.6 Å². The number of nitrogens with zero attached hydrogens (tertiary/aromatic N) is 4. The van der Waals surface area contributed by atoms with Crippen LogP contribution < -0.4 is 15.5 Å². The minimum Gasteiger partial charge on any atom is -0.356 e. The van der Waals surface area contributed by atoms with E-state index in [1.807, 2.05) is 13.2 Å². The highest BCUT2D eigenvalue weighted by Gasteiger charge is 2.16. The molecule has 0 radical (unpaired) electrons. The van der Waals surface area contributed by atoms with Crippen molar-refractivity contribution in [2.75, 3.05) is 51.2 Å². The minimum absolute atomic E-state index is 0. The highest BCUT2D eigenvalue weighted by molar-refractivity contribution is 14.0. The van der Waals surface area contributed by atoms with Crippen LogP contribution in [0.2, 0.25) is 0 Å². The summed E-state index contributed by atoms with van der Waals surface area (Å²) in [5.41, 5.74) is 2.83. The molecule has 0 unspecified atom stereocenters. The van der Waals surface area contributed by atoms with Crippen molar-refractivity contribution < 1.29 is 0 Å². The molecule has 1 aromatic heterocycles. The molecule has 1 aliphatic heterocycles. The number of aliphatic imine (C=N–C) groups is 1. The van der Waals surface area contributed by atoms with Crippen molar-refractivity contribution >= 4 is 35.8 Å². The molecule has 1 aromatic rings. The van der Waals surface area contributed by atoms with E-state index in [4.69, 9.17) is 0 Å². The topological polar surface area (TPSA) is 55.8 Å². The number of rotatable bonds is 7. The van der Waals surface area contributed by atoms with Gasteiger partial charge in [0.25, 0.3) is 0 Å². The van der Waals surface area contributed by atoms with Crippen molar-refractivity contribution in [1.82, 2.24) is 20.5 Å². The van der Waals surface area contributed by atoms with Gasteiger partial charge in [0.2, 0.25) is 0 Å². The van der Waals surface area contributed by atoms with E-state index >= 15 is 0 Å². The first-order chi connectivity index (χ1) is 13.8. The Labute approximate surface area is 193 Å². The highest BCUT2D eigenvalue weighted by Crippen LogP contribution is 2.19. The molecule has 6 nitrogen and oxygen atoms in total. The van der Waals surface area contributed by atoms with Crippen molar-refractivity contribution in [3.8, 4) is 0 Å². The van der Waals surface area contributed by atoms with Gasteiger partial charge >= 0.3 is 0 Å². The molecule has 0 saturated carbocycles. The molecule has 3 rings (SSSR count). The molecule has 2 heterocycles. The minimum atomic E-state index is 0. The van der Waals surface area contributed by atoms with E-state index in [1.54, 1.807) is 5.57 Å². The van der Waals surface area contributed by atoms with Gasteiger partial charge in [-0.1, -0.05) is 18.6 Å². The van der Waals surface area contributed by atoms with E-state index in [0.29, 0.717) is 0 Å². The lowest BCUT2D eigenvalue weighted by atomic mass is 9.97. The van der Waals surface area contributed by atoms with Crippen LogP contribution in [0, 0.1) is 0 Å². The average Bonchev–Trinajstić information content (AvgIpc) is 2.77. The largest absolute Gasteiger partial charge is 0.356 e. The SMILES string of the molecule is CCN1CCN(c2cc(CNC(=NC)NCCC3=CCCCC3)ccn2)CC1.I. The molecule has 1 saturated heterocycles. The predicted octanol–water partition coefficient (Wildman–Crippen LogP) is 3.40. The average molecular weight is 512 g/mol. The number of hydrogen-bond acceptors (Lipinski definition) is 4. The van der Waals surface area contributed by atoms with E-state index in [9.17, 15) is 0 Å². The van der Waals surface area contributed by atoms with Gasteiger partial charge in [-0.05, 0) is 56.3 Å². The quantitative estimate of drug-likeness (QED) is 0.254. The van der Waals surface area contributed by atoms with Gasteiger partial charge in [-0.15, -0.1) is 24.0 Å². The van der Waals surface area contributed by atoms with E-state index in [0.717, 1.165) is 64.0 Å². The second kappa shape index (κ2) is 13.1. The highest BCUT2D eigenvalue weighted by atomic mass is 127. The van der Waals surface area contributed by atoms with E-state index < -0.39 is 0 Å². The second-order valence-electron chi connectivity index (χ2n) is 7.65. The van der Waals surface area contributed by atoms with E-state index in [2.05, 4.69) is 55.5 Å². The molecule has 1 aliphatic carbocycles. The Balaban J connectivity index is 0.00000300. The Kier molecular flexibility index (Phi) is 10.8. The van der Waals surface area contributed by atoms with Gasteiger partial charge in [-0.2, -0.15) is 0 Å². The molecular formula is C22H37IN6. The van der Waals surface area contributed by atoms with Gasteiger partial charge in [0.15, 0.2) is 5.96 Å². The Morgan fingerprint density at radius 2 is 2.00 bits per heavy atom. The molecule has 29 heavy (non-hydrogen) atoms. The summed E-state index contributed by atoms with van der Waals surface area (Å²) in [6.45, 7) is 9.40. The van der Waals surface area contributed by atoms with Crippen LogP contribution in [-0.2, 0) is 6.54 Å². The Morgan fingerprint density at radius 3 is 2.69 bits per heavy atom. The fraction of sp³-hybridized carbons (Fsp3) is 0.636. The van der Waals surface area contributed by atoms with Crippen LogP contribution in [-0.4, -0.2) is 62.2 Å². The Bertz CT molecular complexity index is 667. The van der Waals surface area contributed by atoms with Gasteiger partial charge < -0.3 is 20.4 Å². The predicted molar refractivity (Wildman–Crippen MR) is 133 cm³/mol. The van der Waals surface area contributed by atoms with Crippen LogP contribution in [0.4, 0.5) is 5.82 Å². The number of piperazine rings is 1. The summed E-state index contributed by atoms with van der Waals surface area (Å²) in [5, 5.41) is 6.88. The molecule has 1 fully saturated rings. The maximum Gasteiger partial charge on any atom is 0.191 e. The number of guanidine groups is 1. The molecule has 2 N–H and O–H groups in total. The number of pyridine rings is 1. The van der Waals surface area contributed by atoms with E-state index in [-0.39, 0.29) is 24.0 Å². The fourth-order valence-electron chi connectivity index (χ4n) is 3.92. The lowest BCUT2D eigenvalue weighted by molar-refractivity contribution is 0.270. The number of likely N-dealkylation sites (N-methyl/N-ethyl adjacent to an activating group) is 1. The molecule has 2 aliphatic rings. The first-order valence-corrected chi connectivity index (χ1v) is 10.8. The lowest BCUT2D eigenvalue weighted by Crippen LogP contribution is -2.46. The monoisotopic (exact) mass is 512 g/mol. The second-order valence-corrected chi connectivity index (χ2v) is 7.65. The third-order valence-electron chi connectivity index (χ3n) is 5.76. The summed E-state index contributed by atoms with van der Waals surface area (Å²) in [6.07, 6.45) is 10.7. The molecule has 7 heteroatoms. The first kappa shape index (κ1) is 23.9. The standard InChI is InChI=1S/C22H36N6.HI/c1-3-27-13-15-28(16-14-27)21-17-20(10-11-24-21)18-26-22(23-2)25-12-9-19-7-5-4-6-8-19;/h7,10-11,17H,3-6,8-9,12-16,18H2,1-2H3,(H2,23,25,26);1H. The maximum absolute atomic E-state index is 4.59. The van der Waals surface area contributed by atoms with Gasteiger partial charge in [-0.3, -0.25) is 4.99 Å². The van der Waals surface area contributed by atoms with Crippen molar-refractivity contribution in [3.63, 3.8) is 0 Å². The third-order valence-corrected chi connectivity index (χ3v) is 5.76. The summed E-state index contributed by atoms with van der Waals surface area (Å²) >= 11 is 0. The van der Waals surface area contributed by atoms with Gasteiger partial charge in [0, 0.05) is 52.5 Å². The fourth-order valence-corrected chi connectivity index (χ4v) is 3.92. The smallest absolute Gasteiger partial charge is 0.191 e. The number of halogens is 1. The summed E-state index contributed by atoms with van der Waals surface area (Å²) < 4.78 is 0. The van der Waals surface area contributed by atoms with Crippen molar-refractivity contribution in [1.29, 1.82) is 0 Å². The van der Waals surface area contributed by atoms with Crippen molar-refractivity contribution in [3.05, 3.63) is 35.5 Å². The molecule has 0 spiro atoms. The number of nitrogens with one attached hydrogen (secondary N) is 2. The van der Waals surface area contributed by atoms with Gasteiger partial charge in [0.05, 0.1) is 0 Å². The Hall–Kier alpha value is -1.35. The van der Waals surface area contributed by atoms with Crippen molar-refractivity contribution in [2.45, 2.75) is 45.6 Å². The summed E-state index contributed by atoms with van der Waals surface area (Å²) in [7, 11) is 1.83. The molecule has 0 aromatic carbocycles. The summed E-state index contributed by atoms with van der Waals surface area (Å²) in [6, 6.07) is 4.29. The zero-order valence-corrected chi connectivity index (χ0v) is 20.3. The molecular weight excluding hydrogens is 475 g/mol. The number of aromatic nitrogens is 1. The Morgan fingerprint density at radius 1 is 1.17 bits per heavy atom. The van der Waals surface area contributed by atoms with Crippen LogP contribution in [0.5, 0.6) is 0 Å². The van der Waals surface area contributed by atoms with Crippen LogP contribution in [0.15, 0.2) is 35.0 Å². The van der Waals surface area contributed by atoms with Gasteiger partial charge in [0.1, 0.15) is 5.82 Å². The lowest BCUT2D eigenvalue weighted by Gasteiger charge is -2.34. The normalized spacial score (nSPS) is 18.1. The van der Waals surface area contributed by atoms with Crippen LogP contribution in [0.25, 0.3) is 0 Å². The van der Waals surface area contributed by atoms with Crippen molar-refractivity contribution in [2.24, 2.45) is 4.99 Å².